The summed E-state index contributed by atoms with van der Waals surface area (Å²) in [6, 6.07) is 8.35. The Morgan fingerprint density at radius 3 is 2.35 bits per heavy atom. The highest BCUT2D eigenvalue weighted by molar-refractivity contribution is 7.80. The second-order valence-corrected chi connectivity index (χ2v) is 5.15. The van der Waals surface area contributed by atoms with Crippen LogP contribution in [0.15, 0.2) is 36.5 Å². The SMILES string of the molecule is COc1cccc(OC)c1C(=O)NC(=S)Nc1ccc(Cl)cn1. The van der Waals surface area contributed by atoms with Gasteiger partial charge in [-0.25, -0.2) is 4.98 Å². The molecular formula is C15H14ClN3O3S. The summed E-state index contributed by atoms with van der Waals surface area (Å²) in [5.74, 6) is 0.779. The second kappa shape index (κ2) is 7.75. The van der Waals surface area contributed by atoms with Gasteiger partial charge in [-0.3, -0.25) is 10.1 Å². The largest absolute Gasteiger partial charge is 0.496 e. The minimum Gasteiger partial charge on any atom is -0.496 e. The summed E-state index contributed by atoms with van der Waals surface area (Å²) in [5.41, 5.74) is 0.255. The molecule has 1 heterocycles. The number of rotatable bonds is 4. The quantitative estimate of drug-likeness (QED) is 0.825. The van der Waals surface area contributed by atoms with E-state index in [1.807, 2.05) is 0 Å². The molecule has 8 heteroatoms. The van der Waals surface area contributed by atoms with Crippen molar-refractivity contribution in [3.8, 4) is 11.5 Å². The van der Waals surface area contributed by atoms with Crippen LogP contribution in [-0.2, 0) is 0 Å². The van der Waals surface area contributed by atoms with Crippen LogP contribution in [0.5, 0.6) is 11.5 Å². The third-order valence-corrected chi connectivity index (χ3v) is 3.28. The van der Waals surface area contributed by atoms with Crippen LogP contribution in [0.25, 0.3) is 0 Å². The van der Waals surface area contributed by atoms with Crippen LogP contribution in [0.1, 0.15) is 10.4 Å². The van der Waals surface area contributed by atoms with Crippen LogP contribution >= 0.6 is 23.8 Å². The first-order valence-corrected chi connectivity index (χ1v) is 7.28. The standard InChI is InChI=1S/C15H14ClN3O3S/c1-21-10-4-3-5-11(22-2)13(10)14(20)19-15(23)18-12-7-6-9(16)8-17-12/h3-8H,1-2H3,(H2,17,18,19,20,23). The van der Waals surface area contributed by atoms with Crippen molar-refractivity contribution in [1.29, 1.82) is 0 Å². The van der Waals surface area contributed by atoms with Crippen molar-refractivity contribution in [3.63, 3.8) is 0 Å². The zero-order valence-corrected chi connectivity index (χ0v) is 14.0. The molecule has 0 spiro atoms. The lowest BCUT2D eigenvalue weighted by Crippen LogP contribution is -2.34. The molecule has 0 aliphatic heterocycles. The molecule has 1 amide bonds. The van der Waals surface area contributed by atoms with Crippen LogP contribution in [-0.4, -0.2) is 30.2 Å². The van der Waals surface area contributed by atoms with Gasteiger partial charge in [0.1, 0.15) is 22.9 Å². The number of nitrogens with zero attached hydrogens (tertiary/aromatic N) is 1. The van der Waals surface area contributed by atoms with Gasteiger partial charge in [-0.15, -0.1) is 0 Å². The third kappa shape index (κ3) is 4.30. The van der Waals surface area contributed by atoms with Crippen molar-refractivity contribution in [3.05, 3.63) is 47.1 Å². The summed E-state index contributed by atoms with van der Waals surface area (Å²) in [4.78, 5) is 16.5. The topological polar surface area (TPSA) is 72.5 Å². The maximum absolute atomic E-state index is 12.4. The molecule has 6 nitrogen and oxygen atoms in total. The van der Waals surface area contributed by atoms with Gasteiger partial charge >= 0.3 is 0 Å². The maximum atomic E-state index is 12.4. The Hall–Kier alpha value is -2.38. The van der Waals surface area contributed by atoms with Crippen LogP contribution in [0, 0.1) is 0 Å². The summed E-state index contributed by atoms with van der Waals surface area (Å²) in [7, 11) is 2.94. The van der Waals surface area contributed by atoms with Crippen molar-refractivity contribution in [2.45, 2.75) is 0 Å². The minimum absolute atomic E-state index is 0.0952. The number of pyridine rings is 1. The number of benzene rings is 1. The van der Waals surface area contributed by atoms with Gasteiger partial charge in [0.05, 0.1) is 19.2 Å². The molecule has 0 unspecified atom stereocenters. The maximum Gasteiger partial charge on any atom is 0.264 e. The first kappa shape index (κ1) is 17.0. The van der Waals surface area contributed by atoms with Gasteiger partial charge in [0.15, 0.2) is 5.11 Å². The van der Waals surface area contributed by atoms with Crippen LogP contribution in [0.4, 0.5) is 5.82 Å². The Kier molecular flexibility index (Phi) is 5.72. The van der Waals surface area contributed by atoms with Crippen molar-refractivity contribution < 1.29 is 14.3 Å². The number of thiocarbonyl (C=S) groups is 1. The Labute approximate surface area is 143 Å². The molecule has 120 valence electrons. The third-order valence-electron chi connectivity index (χ3n) is 2.85. The molecule has 0 aliphatic rings. The molecule has 0 saturated heterocycles. The van der Waals surface area contributed by atoms with Crippen LogP contribution < -0.4 is 20.1 Å². The van der Waals surface area contributed by atoms with E-state index in [1.165, 1.54) is 20.4 Å². The summed E-state index contributed by atoms with van der Waals surface area (Å²) in [6.07, 6.45) is 1.47. The number of hydrogen-bond donors (Lipinski definition) is 2. The van der Waals surface area contributed by atoms with Crippen LogP contribution in [0.2, 0.25) is 5.02 Å². The average molecular weight is 352 g/mol. The molecule has 23 heavy (non-hydrogen) atoms. The summed E-state index contributed by atoms with van der Waals surface area (Å²) in [5, 5.41) is 5.95. The van der Waals surface area contributed by atoms with E-state index in [-0.39, 0.29) is 10.7 Å². The first-order valence-electron chi connectivity index (χ1n) is 6.50. The molecule has 0 saturated carbocycles. The van der Waals surface area contributed by atoms with E-state index in [4.69, 9.17) is 33.3 Å². The summed E-state index contributed by atoms with van der Waals surface area (Å²) >= 11 is 10.9. The molecule has 2 N–H and O–H groups in total. The minimum atomic E-state index is -0.453. The monoisotopic (exact) mass is 351 g/mol. The van der Waals surface area contributed by atoms with Crippen LogP contribution in [0.3, 0.4) is 0 Å². The van der Waals surface area contributed by atoms with Crippen molar-refractivity contribution in [2.75, 3.05) is 19.5 Å². The Balaban J connectivity index is 2.12. The average Bonchev–Trinajstić information content (AvgIpc) is 2.55. The Morgan fingerprint density at radius 2 is 1.83 bits per heavy atom. The number of carbonyl (C=O) groups excluding carboxylic acids is 1. The fourth-order valence-corrected chi connectivity index (χ4v) is 2.15. The number of amides is 1. The van der Waals surface area contributed by atoms with E-state index in [0.717, 1.165) is 0 Å². The molecular weight excluding hydrogens is 338 g/mol. The lowest BCUT2D eigenvalue weighted by atomic mass is 10.1. The number of ether oxygens (including phenoxy) is 2. The lowest BCUT2D eigenvalue weighted by molar-refractivity contribution is 0.0971. The van der Waals surface area contributed by atoms with Gasteiger partial charge in [-0.2, -0.15) is 0 Å². The Bertz CT molecular complexity index is 700. The molecule has 0 radical (unpaired) electrons. The van der Waals surface area contributed by atoms with Crippen molar-refractivity contribution in [2.24, 2.45) is 0 Å². The molecule has 0 aliphatic carbocycles. The van der Waals surface area contributed by atoms with E-state index in [0.29, 0.717) is 22.3 Å². The predicted octanol–water partition coefficient (Wildman–Crippen LogP) is 2.88. The predicted molar refractivity (Wildman–Crippen MR) is 92.5 cm³/mol. The van der Waals surface area contributed by atoms with Crippen molar-refractivity contribution in [1.82, 2.24) is 10.3 Å². The molecule has 1 aromatic heterocycles. The highest BCUT2D eigenvalue weighted by Crippen LogP contribution is 2.27. The van der Waals surface area contributed by atoms with E-state index >= 15 is 0 Å². The normalized spacial score (nSPS) is 9.87. The fraction of sp³-hybridized carbons (Fsp3) is 0.133. The van der Waals surface area contributed by atoms with Gasteiger partial charge in [0.2, 0.25) is 0 Å². The highest BCUT2D eigenvalue weighted by atomic mass is 35.5. The van der Waals surface area contributed by atoms with E-state index in [2.05, 4.69) is 15.6 Å². The first-order chi connectivity index (χ1) is 11.0. The van der Waals surface area contributed by atoms with Gasteiger partial charge < -0.3 is 14.8 Å². The molecule has 2 rings (SSSR count). The Morgan fingerprint density at radius 1 is 1.17 bits per heavy atom. The zero-order valence-electron chi connectivity index (χ0n) is 12.4. The number of hydrogen-bond acceptors (Lipinski definition) is 5. The van der Waals surface area contributed by atoms with Gasteiger partial charge in [-0.05, 0) is 36.5 Å². The summed E-state index contributed by atoms with van der Waals surface area (Å²) in [6.45, 7) is 0. The fourth-order valence-electron chi connectivity index (χ4n) is 1.84. The second-order valence-electron chi connectivity index (χ2n) is 4.31. The molecule has 0 bridgehead atoms. The van der Waals surface area contributed by atoms with E-state index < -0.39 is 5.91 Å². The number of methoxy groups -OCH3 is 2. The van der Waals surface area contributed by atoms with Crippen molar-refractivity contribution >= 4 is 40.7 Å². The number of anilines is 1. The van der Waals surface area contributed by atoms with Gasteiger partial charge in [-0.1, -0.05) is 17.7 Å². The molecule has 1 aromatic carbocycles. The number of halogens is 1. The lowest BCUT2D eigenvalue weighted by Gasteiger charge is -2.14. The molecule has 0 fully saturated rings. The van der Waals surface area contributed by atoms with E-state index in [1.54, 1.807) is 30.3 Å². The molecule has 2 aromatic rings. The highest BCUT2D eigenvalue weighted by Gasteiger charge is 2.19. The molecule has 0 atom stereocenters. The van der Waals surface area contributed by atoms with E-state index in [9.17, 15) is 4.79 Å². The number of nitrogens with one attached hydrogen (secondary N) is 2. The smallest absolute Gasteiger partial charge is 0.264 e. The number of carbonyl (C=O) groups is 1. The summed E-state index contributed by atoms with van der Waals surface area (Å²) < 4.78 is 10.4. The zero-order chi connectivity index (χ0) is 16.8. The number of aromatic nitrogens is 1. The van der Waals surface area contributed by atoms with Gasteiger partial charge in [0, 0.05) is 6.20 Å². The van der Waals surface area contributed by atoms with Gasteiger partial charge in [0.25, 0.3) is 5.91 Å².